The monoisotopic (exact) mass is 248 g/mol. The van der Waals surface area contributed by atoms with Gasteiger partial charge in [-0.05, 0) is 35.4 Å². The predicted octanol–water partition coefficient (Wildman–Crippen LogP) is 3.15. The molecule has 0 unspecified atom stereocenters. The molecule has 2 rings (SSSR count). The third-order valence-electron chi connectivity index (χ3n) is 2.65. The van der Waals surface area contributed by atoms with Crippen LogP contribution in [0.4, 0.5) is 0 Å². The van der Waals surface area contributed by atoms with Crippen LogP contribution in [0, 0.1) is 22.7 Å². The molecule has 92 valence electrons. The van der Waals surface area contributed by atoms with Crippen LogP contribution in [0.3, 0.4) is 0 Å². The van der Waals surface area contributed by atoms with Crippen LogP contribution in [0.5, 0.6) is 0 Å². The molecule has 0 fully saturated rings. The van der Waals surface area contributed by atoms with E-state index < -0.39 is 0 Å². The van der Waals surface area contributed by atoms with Gasteiger partial charge in [0.25, 0.3) is 0 Å². The van der Waals surface area contributed by atoms with Gasteiger partial charge in [-0.15, -0.1) is 0 Å². The van der Waals surface area contributed by atoms with Crippen molar-refractivity contribution in [3.05, 3.63) is 70.8 Å². The maximum Gasteiger partial charge on any atom is 0.0991 e. The smallest absolute Gasteiger partial charge is 0.0991 e. The second-order valence-electron chi connectivity index (χ2n) is 4.12. The van der Waals surface area contributed by atoms with Crippen LogP contribution in [-0.4, -0.2) is 0 Å². The van der Waals surface area contributed by atoms with E-state index in [4.69, 9.17) is 15.3 Å². The molecule has 0 N–H and O–H groups in total. The Balaban J connectivity index is 1.93. The molecule has 0 aliphatic carbocycles. The Bertz CT molecular complexity index is 593. The second kappa shape index (κ2) is 6.35. The number of ether oxygens (including phenoxy) is 1. The molecule has 0 saturated carbocycles. The highest BCUT2D eigenvalue weighted by Gasteiger charge is 1.98. The number of hydrogen-bond donors (Lipinski definition) is 0. The van der Waals surface area contributed by atoms with Gasteiger partial charge in [-0.3, -0.25) is 0 Å². The van der Waals surface area contributed by atoms with Gasteiger partial charge >= 0.3 is 0 Å². The first-order valence-electron chi connectivity index (χ1n) is 5.87. The summed E-state index contributed by atoms with van der Waals surface area (Å²) in [5.74, 6) is 0. The van der Waals surface area contributed by atoms with Crippen molar-refractivity contribution in [1.29, 1.82) is 10.5 Å². The van der Waals surface area contributed by atoms with E-state index in [0.717, 1.165) is 11.1 Å². The first kappa shape index (κ1) is 12.8. The molecule has 0 radical (unpaired) electrons. The van der Waals surface area contributed by atoms with Crippen LogP contribution in [0.2, 0.25) is 0 Å². The summed E-state index contributed by atoms with van der Waals surface area (Å²) < 4.78 is 5.59. The number of hydrogen-bond acceptors (Lipinski definition) is 3. The van der Waals surface area contributed by atoms with Crippen LogP contribution in [0.1, 0.15) is 22.3 Å². The Morgan fingerprint density at radius 3 is 1.68 bits per heavy atom. The Morgan fingerprint density at radius 1 is 0.789 bits per heavy atom. The summed E-state index contributed by atoms with van der Waals surface area (Å²) in [6.07, 6.45) is 0. The normalized spacial score (nSPS) is 9.58. The van der Waals surface area contributed by atoms with E-state index in [1.807, 2.05) is 36.4 Å². The van der Waals surface area contributed by atoms with Gasteiger partial charge < -0.3 is 4.74 Å². The number of nitrogens with zero attached hydrogens (tertiary/aromatic N) is 2. The molecular weight excluding hydrogens is 236 g/mol. The summed E-state index contributed by atoms with van der Waals surface area (Å²) in [4.78, 5) is 0. The molecule has 0 heterocycles. The fraction of sp³-hybridized carbons (Fsp3) is 0.125. The van der Waals surface area contributed by atoms with Gasteiger partial charge in [0.1, 0.15) is 0 Å². The fourth-order valence-corrected chi connectivity index (χ4v) is 1.75. The van der Waals surface area contributed by atoms with Crippen LogP contribution in [0.25, 0.3) is 0 Å². The highest BCUT2D eigenvalue weighted by molar-refractivity contribution is 5.33. The van der Waals surface area contributed by atoms with Crippen molar-refractivity contribution in [1.82, 2.24) is 0 Å². The van der Waals surface area contributed by atoms with Crippen molar-refractivity contribution in [2.75, 3.05) is 0 Å². The Labute approximate surface area is 112 Å². The zero-order chi connectivity index (χ0) is 13.5. The summed E-state index contributed by atoms with van der Waals surface area (Å²) >= 11 is 0. The van der Waals surface area contributed by atoms with Crippen LogP contribution in [-0.2, 0) is 18.0 Å². The molecule has 0 aliphatic rings. The highest BCUT2D eigenvalue weighted by Crippen LogP contribution is 2.09. The summed E-state index contributed by atoms with van der Waals surface area (Å²) in [5.41, 5.74) is 3.20. The molecule has 3 heteroatoms. The molecule has 2 aromatic rings. The number of benzene rings is 2. The minimum atomic E-state index is 0.451. The Morgan fingerprint density at radius 2 is 1.26 bits per heavy atom. The van der Waals surface area contributed by atoms with Gasteiger partial charge in [-0.25, -0.2) is 0 Å². The van der Waals surface area contributed by atoms with E-state index in [-0.39, 0.29) is 0 Å². The minimum absolute atomic E-state index is 0.451. The molecule has 0 spiro atoms. The van der Waals surface area contributed by atoms with Crippen LogP contribution < -0.4 is 0 Å². The van der Waals surface area contributed by atoms with E-state index in [0.29, 0.717) is 24.3 Å². The lowest BCUT2D eigenvalue weighted by molar-refractivity contribution is 0.107. The van der Waals surface area contributed by atoms with Crippen molar-refractivity contribution >= 4 is 0 Å². The quantitative estimate of drug-likeness (QED) is 0.835. The average Bonchev–Trinajstić information content (AvgIpc) is 2.48. The first-order chi connectivity index (χ1) is 9.31. The molecule has 0 amide bonds. The zero-order valence-corrected chi connectivity index (χ0v) is 10.3. The lowest BCUT2D eigenvalue weighted by Crippen LogP contribution is -1.95. The molecule has 0 aromatic heterocycles. The molecule has 19 heavy (non-hydrogen) atoms. The predicted molar refractivity (Wildman–Crippen MR) is 70.8 cm³/mol. The molecule has 3 nitrogen and oxygen atoms in total. The molecule has 2 aromatic carbocycles. The molecule has 0 bridgehead atoms. The summed E-state index contributed by atoms with van der Waals surface area (Å²) in [6.45, 7) is 0.901. The summed E-state index contributed by atoms with van der Waals surface area (Å²) in [6, 6.07) is 18.9. The van der Waals surface area contributed by atoms with E-state index in [2.05, 4.69) is 12.1 Å². The zero-order valence-electron chi connectivity index (χ0n) is 10.3. The van der Waals surface area contributed by atoms with E-state index >= 15 is 0 Å². The van der Waals surface area contributed by atoms with Crippen molar-refractivity contribution in [3.63, 3.8) is 0 Å². The van der Waals surface area contributed by atoms with Gasteiger partial charge in [0.05, 0.1) is 36.5 Å². The highest BCUT2D eigenvalue weighted by atomic mass is 16.5. The standard InChI is InChI=1S/C16H12N2O/c17-9-13-3-1-5-15(7-13)11-19-12-16-6-2-4-14(8-16)10-18/h1-8H,11-12H2. The van der Waals surface area contributed by atoms with E-state index in [1.165, 1.54) is 0 Å². The third-order valence-corrected chi connectivity index (χ3v) is 2.65. The Kier molecular flexibility index (Phi) is 4.29. The lowest BCUT2D eigenvalue weighted by Gasteiger charge is -2.05. The van der Waals surface area contributed by atoms with Crippen molar-refractivity contribution in [2.45, 2.75) is 13.2 Å². The minimum Gasteiger partial charge on any atom is -0.372 e. The van der Waals surface area contributed by atoms with E-state index in [1.54, 1.807) is 12.1 Å². The Hall–Kier alpha value is -2.62. The number of nitriles is 2. The SMILES string of the molecule is N#Cc1cccc(COCc2cccc(C#N)c2)c1. The summed E-state index contributed by atoms with van der Waals surface area (Å²) in [5, 5.41) is 17.6. The van der Waals surface area contributed by atoms with Crippen molar-refractivity contribution < 1.29 is 4.74 Å². The van der Waals surface area contributed by atoms with Gasteiger partial charge in [-0.2, -0.15) is 10.5 Å². The fourth-order valence-electron chi connectivity index (χ4n) is 1.75. The van der Waals surface area contributed by atoms with Gasteiger partial charge in [0.2, 0.25) is 0 Å². The molecule has 0 saturated heterocycles. The van der Waals surface area contributed by atoms with Gasteiger partial charge in [0.15, 0.2) is 0 Å². The van der Waals surface area contributed by atoms with Crippen LogP contribution >= 0.6 is 0 Å². The average molecular weight is 248 g/mol. The molecular formula is C16H12N2O. The maximum atomic E-state index is 8.80. The molecule has 0 atom stereocenters. The topological polar surface area (TPSA) is 56.8 Å². The number of rotatable bonds is 4. The second-order valence-corrected chi connectivity index (χ2v) is 4.12. The lowest BCUT2D eigenvalue weighted by atomic mass is 10.1. The van der Waals surface area contributed by atoms with Gasteiger partial charge in [0, 0.05) is 0 Å². The first-order valence-corrected chi connectivity index (χ1v) is 5.87. The van der Waals surface area contributed by atoms with Gasteiger partial charge in [-0.1, -0.05) is 24.3 Å². The van der Waals surface area contributed by atoms with Crippen molar-refractivity contribution in [3.8, 4) is 12.1 Å². The maximum absolute atomic E-state index is 8.80. The molecule has 0 aliphatic heterocycles. The van der Waals surface area contributed by atoms with Crippen molar-refractivity contribution in [2.24, 2.45) is 0 Å². The third kappa shape index (κ3) is 3.67. The van der Waals surface area contributed by atoms with Crippen LogP contribution in [0.15, 0.2) is 48.5 Å². The summed E-state index contributed by atoms with van der Waals surface area (Å²) in [7, 11) is 0. The van der Waals surface area contributed by atoms with E-state index in [9.17, 15) is 0 Å². The largest absolute Gasteiger partial charge is 0.372 e.